The van der Waals surface area contributed by atoms with Crippen LogP contribution in [-0.2, 0) is 21.1 Å². The first-order valence-corrected chi connectivity index (χ1v) is 8.29. The molecule has 0 amide bonds. The van der Waals surface area contributed by atoms with E-state index in [9.17, 15) is 0 Å². The zero-order valence-electron chi connectivity index (χ0n) is 12.4. The molecule has 0 fully saturated rings. The molecule has 0 bridgehead atoms. The van der Waals surface area contributed by atoms with Crippen molar-refractivity contribution in [2.24, 2.45) is 21.1 Å². The van der Waals surface area contributed by atoms with Crippen molar-refractivity contribution in [1.82, 2.24) is 27.6 Å². The molecule has 3 heterocycles. The van der Waals surface area contributed by atoms with Crippen LogP contribution >= 0.6 is 36.0 Å². The van der Waals surface area contributed by atoms with Gasteiger partial charge in [-0.05, 0) is 36.8 Å². The van der Waals surface area contributed by atoms with Crippen LogP contribution in [0.5, 0.6) is 0 Å². The van der Waals surface area contributed by atoms with Crippen molar-refractivity contribution < 1.29 is 0 Å². The Kier molecular flexibility index (Phi) is 4.15. The van der Waals surface area contributed by atoms with E-state index in [-0.39, 0.29) is 6.26 Å². The fourth-order valence-electron chi connectivity index (χ4n) is 2.11. The molecule has 115 valence electrons. The fraction of sp³-hybridized carbons (Fsp3) is 0.250. The van der Waals surface area contributed by atoms with Crippen molar-refractivity contribution in [3.63, 3.8) is 0 Å². The van der Waals surface area contributed by atoms with Gasteiger partial charge in [0.05, 0.1) is 0 Å². The first-order chi connectivity index (χ1) is 10.5. The van der Waals surface area contributed by atoms with E-state index in [1.165, 1.54) is 0 Å². The van der Waals surface area contributed by atoms with Crippen LogP contribution in [0.3, 0.4) is 0 Å². The van der Waals surface area contributed by atoms with Gasteiger partial charge in [-0.15, -0.1) is 0 Å². The molecule has 0 aliphatic carbocycles. The molecule has 3 aromatic heterocycles. The Morgan fingerprint density at radius 1 is 0.864 bits per heavy atom. The number of imidazole rings is 3. The van der Waals surface area contributed by atoms with E-state index in [0.29, 0.717) is 0 Å². The SMILES string of the molecule is Cn1ccnc1S[B-](n1ccn(C)c1=S)n1ccn(C)c1=S. The molecule has 0 saturated heterocycles. The predicted molar refractivity (Wildman–Crippen MR) is 94.1 cm³/mol. The molecule has 3 aromatic rings. The lowest BCUT2D eigenvalue weighted by molar-refractivity contribution is 0.792. The maximum atomic E-state index is 5.51. The molecule has 0 unspecified atom stereocenters. The minimum atomic E-state index is -0.122. The monoisotopic (exact) mass is 350 g/mol. The van der Waals surface area contributed by atoms with E-state index < -0.39 is 0 Å². The van der Waals surface area contributed by atoms with Gasteiger partial charge in [-0.2, -0.15) is 0 Å². The summed E-state index contributed by atoms with van der Waals surface area (Å²) < 4.78 is 11.3. The van der Waals surface area contributed by atoms with Gasteiger partial charge in [0.2, 0.25) is 0 Å². The van der Waals surface area contributed by atoms with E-state index in [2.05, 4.69) is 4.98 Å². The lowest BCUT2D eigenvalue weighted by Crippen LogP contribution is -2.31. The van der Waals surface area contributed by atoms with Gasteiger partial charge >= 0.3 is 0 Å². The van der Waals surface area contributed by atoms with Crippen LogP contribution < -0.4 is 0 Å². The highest BCUT2D eigenvalue weighted by molar-refractivity contribution is 8.25. The van der Waals surface area contributed by atoms with E-state index in [1.807, 2.05) is 74.8 Å². The summed E-state index contributed by atoms with van der Waals surface area (Å²) in [5.41, 5.74) is 0. The minimum absolute atomic E-state index is 0.122. The second kappa shape index (κ2) is 5.94. The molecule has 10 heteroatoms. The quantitative estimate of drug-likeness (QED) is 0.535. The summed E-state index contributed by atoms with van der Waals surface area (Å²) in [5.74, 6) is 0. The second-order valence-corrected chi connectivity index (χ2v) is 6.72. The summed E-state index contributed by atoms with van der Waals surface area (Å²) in [4.78, 5) is 4.40. The molecule has 0 aromatic carbocycles. The third-order valence-electron chi connectivity index (χ3n) is 3.41. The average Bonchev–Trinajstić information content (AvgIpc) is 3.14. The van der Waals surface area contributed by atoms with E-state index in [0.717, 1.165) is 14.7 Å². The molecule has 0 saturated carbocycles. The Balaban J connectivity index is 2.12. The lowest BCUT2D eigenvalue weighted by Gasteiger charge is -2.31. The van der Waals surface area contributed by atoms with Crippen LogP contribution in [0.25, 0.3) is 0 Å². The number of hydrogen-bond donors (Lipinski definition) is 0. The van der Waals surface area contributed by atoms with Gasteiger partial charge in [0.1, 0.15) is 14.7 Å². The molecule has 0 atom stereocenters. The summed E-state index contributed by atoms with van der Waals surface area (Å²) in [7, 11) is 5.85. The molecule has 0 aliphatic heterocycles. The van der Waals surface area contributed by atoms with Gasteiger partial charge in [-0.1, -0.05) is 0 Å². The predicted octanol–water partition coefficient (Wildman–Crippen LogP) is 2.33. The molecule has 0 spiro atoms. The van der Waals surface area contributed by atoms with Crippen molar-refractivity contribution in [2.75, 3.05) is 0 Å². The van der Waals surface area contributed by atoms with E-state index in [1.54, 1.807) is 17.8 Å². The van der Waals surface area contributed by atoms with Gasteiger partial charge < -0.3 is 22.7 Å². The molecule has 3 rings (SSSR count). The third kappa shape index (κ3) is 2.62. The summed E-state index contributed by atoms with van der Waals surface area (Å²) in [5, 5.41) is 0.904. The van der Waals surface area contributed by atoms with Crippen LogP contribution in [0.15, 0.2) is 42.3 Å². The Labute approximate surface area is 143 Å². The summed E-state index contributed by atoms with van der Waals surface area (Å²) in [6, 6.07) is 0. The molecular formula is C12H15BN6S3-. The zero-order chi connectivity index (χ0) is 15.9. The van der Waals surface area contributed by atoms with Crippen LogP contribution in [-0.4, -0.2) is 33.9 Å². The fourth-order valence-corrected chi connectivity index (χ4v) is 3.79. The Morgan fingerprint density at radius 3 is 1.77 bits per heavy atom. The number of rotatable bonds is 4. The normalized spacial score (nSPS) is 11.5. The van der Waals surface area contributed by atoms with E-state index >= 15 is 0 Å². The Morgan fingerprint density at radius 2 is 1.41 bits per heavy atom. The molecule has 22 heavy (non-hydrogen) atoms. The smallest absolute Gasteiger partial charge is 0.163 e. The van der Waals surface area contributed by atoms with Gasteiger partial charge in [0, 0.05) is 45.9 Å². The topological polar surface area (TPSA) is 37.5 Å². The van der Waals surface area contributed by atoms with E-state index in [4.69, 9.17) is 24.4 Å². The average molecular weight is 350 g/mol. The molecule has 6 nitrogen and oxygen atoms in total. The van der Waals surface area contributed by atoms with Gasteiger partial charge in [0.25, 0.3) is 0 Å². The highest BCUT2D eigenvalue weighted by Gasteiger charge is 2.11. The van der Waals surface area contributed by atoms with Gasteiger partial charge in [0.15, 0.2) is 6.26 Å². The molecule has 0 aliphatic rings. The maximum absolute atomic E-state index is 5.51. The van der Waals surface area contributed by atoms with Crippen LogP contribution in [0, 0.1) is 9.54 Å². The van der Waals surface area contributed by atoms with Gasteiger partial charge in [-0.25, -0.2) is 4.98 Å². The first kappa shape index (κ1) is 15.4. The van der Waals surface area contributed by atoms with Crippen LogP contribution in [0.1, 0.15) is 0 Å². The summed E-state index contributed by atoms with van der Waals surface area (Å²) in [6.07, 6.45) is 11.4. The van der Waals surface area contributed by atoms with Crippen molar-refractivity contribution in [3.05, 3.63) is 46.7 Å². The van der Waals surface area contributed by atoms with Gasteiger partial charge in [-0.3, -0.25) is 11.6 Å². The maximum Gasteiger partial charge on any atom is 0.163 e. The van der Waals surface area contributed by atoms with Crippen LogP contribution in [0.4, 0.5) is 0 Å². The Hall–Kier alpha value is -1.52. The summed E-state index contributed by atoms with van der Waals surface area (Å²) >= 11 is 12.6. The molecule has 1 radical (unpaired) electrons. The first-order valence-electron chi connectivity index (χ1n) is 6.60. The van der Waals surface area contributed by atoms with Crippen LogP contribution in [0.2, 0.25) is 0 Å². The number of nitrogens with zero attached hydrogens (tertiary/aromatic N) is 6. The number of aromatic nitrogens is 6. The molecular weight excluding hydrogens is 335 g/mol. The standard InChI is InChI=1S/C12H15BN6S3/c1-15-5-4-14-10(15)22-13(18-8-6-16(2)11(18)20)19-9-7-17(3)12(19)21/h4-9H,1-3H3/q-1. The van der Waals surface area contributed by atoms with Crippen molar-refractivity contribution in [1.29, 1.82) is 0 Å². The molecule has 0 N–H and O–H groups in total. The number of hydrogen-bond acceptors (Lipinski definition) is 4. The minimum Gasteiger partial charge on any atom is -0.494 e. The van der Waals surface area contributed by atoms with Crippen molar-refractivity contribution in [2.45, 2.75) is 5.16 Å². The highest BCUT2D eigenvalue weighted by atomic mass is 32.2. The Bertz CT molecular complexity index is 860. The largest absolute Gasteiger partial charge is 0.494 e. The lowest BCUT2D eigenvalue weighted by atomic mass is 10.1. The van der Waals surface area contributed by atoms with Crippen molar-refractivity contribution >= 4 is 42.3 Å². The third-order valence-corrected chi connectivity index (χ3v) is 5.68. The highest BCUT2D eigenvalue weighted by Crippen LogP contribution is 2.22. The second-order valence-electron chi connectivity index (χ2n) is 4.96. The summed E-state index contributed by atoms with van der Waals surface area (Å²) in [6.45, 7) is 0. The zero-order valence-corrected chi connectivity index (χ0v) is 14.9. The van der Waals surface area contributed by atoms with Crippen molar-refractivity contribution in [3.8, 4) is 0 Å². The number of aryl methyl sites for hydroxylation is 3.